The molecule has 0 radical (unpaired) electrons. The van der Waals surface area contributed by atoms with E-state index in [1.165, 1.54) is 7.11 Å². The summed E-state index contributed by atoms with van der Waals surface area (Å²) < 4.78 is 9.96. The molecule has 0 bridgehead atoms. The molecule has 0 amide bonds. The molecule has 1 aromatic carbocycles. The molecule has 0 aliphatic heterocycles. The van der Waals surface area contributed by atoms with Crippen molar-refractivity contribution in [1.82, 2.24) is 0 Å². The first kappa shape index (κ1) is 13.9. The fraction of sp³-hybridized carbons (Fsp3) is 0.300. The number of rotatable bonds is 4. The Labute approximate surface area is 94.8 Å². The van der Waals surface area contributed by atoms with Crippen molar-refractivity contribution in [1.29, 1.82) is 0 Å². The SMILES string of the molecule is COC(OC(=O)CN)c1ccccc1.Cl. The van der Waals surface area contributed by atoms with E-state index in [1.807, 2.05) is 30.3 Å². The largest absolute Gasteiger partial charge is 0.430 e. The second kappa shape index (κ2) is 7.23. The molecule has 1 unspecified atom stereocenters. The minimum atomic E-state index is -0.674. The van der Waals surface area contributed by atoms with E-state index in [9.17, 15) is 4.79 Å². The van der Waals surface area contributed by atoms with E-state index in [0.717, 1.165) is 5.56 Å². The lowest BCUT2D eigenvalue weighted by atomic mass is 10.2. The maximum absolute atomic E-state index is 10.9. The Morgan fingerprint density at radius 3 is 2.47 bits per heavy atom. The van der Waals surface area contributed by atoms with Crippen LogP contribution in [0.5, 0.6) is 0 Å². The first-order valence-corrected chi connectivity index (χ1v) is 4.25. The van der Waals surface area contributed by atoms with Gasteiger partial charge in [0.05, 0.1) is 6.54 Å². The van der Waals surface area contributed by atoms with Crippen molar-refractivity contribution >= 4 is 18.4 Å². The van der Waals surface area contributed by atoms with Crippen LogP contribution >= 0.6 is 12.4 Å². The molecule has 4 nitrogen and oxygen atoms in total. The molecule has 15 heavy (non-hydrogen) atoms. The molecule has 0 heterocycles. The minimum Gasteiger partial charge on any atom is -0.430 e. The van der Waals surface area contributed by atoms with Crippen molar-refractivity contribution in [2.45, 2.75) is 6.29 Å². The number of nitrogens with two attached hydrogens (primary N) is 1. The molecule has 84 valence electrons. The van der Waals surface area contributed by atoms with Gasteiger partial charge in [-0.25, -0.2) is 0 Å². The number of methoxy groups -OCH3 is 1. The zero-order valence-corrected chi connectivity index (χ0v) is 9.20. The van der Waals surface area contributed by atoms with Gasteiger partial charge in [-0.1, -0.05) is 30.3 Å². The summed E-state index contributed by atoms with van der Waals surface area (Å²) in [6, 6.07) is 9.20. The molecule has 0 saturated heterocycles. The van der Waals surface area contributed by atoms with Crippen LogP contribution in [0.15, 0.2) is 30.3 Å². The molecule has 5 heteroatoms. The number of carbonyl (C=O) groups excluding carboxylic acids is 1. The van der Waals surface area contributed by atoms with E-state index >= 15 is 0 Å². The summed E-state index contributed by atoms with van der Waals surface area (Å²) >= 11 is 0. The highest BCUT2D eigenvalue weighted by atomic mass is 35.5. The highest BCUT2D eigenvalue weighted by Gasteiger charge is 2.13. The van der Waals surface area contributed by atoms with Crippen molar-refractivity contribution in [3.05, 3.63) is 35.9 Å². The summed E-state index contributed by atoms with van der Waals surface area (Å²) in [5.74, 6) is -0.485. The van der Waals surface area contributed by atoms with Gasteiger partial charge in [-0.2, -0.15) is 0 Å². The summed E-state index contributed by atoms with van der Waals surface area (Å²) in [5, 5.41) is 0. The Bertz CT molecular complexity index is 292. The van der Waals surface area contributed by atoms with Gasteiger partial charge in [0.1, 0.15) is 0 Å². The van der Waals surface area contributed by atoms with Gasteiger partial charge in [-0.15, -0.1) is 12.4 Å². The zero-order valence-electron chi connectivity index (χ0n) is 8.38. The topological polar surface area (TPSA) is 61.5 Å². The van der Waals surface area contributed by atoms with Crippen LogP contribution < -0.4 is 5.73 Å². The number of hydrogen-bond acceptors (Lipinski definition) is 4. The van der Waals surface area contributed by atoms with Crippen molar-refractivity contribution in [3.8, 4) is 0 Å². The van der Waals surface area contributed by atoms with Gasteiger partial charge < -0.3 is 15.2 Å². The van der Waals surface area contributed by atoms with E-state index in [0.29, 0.717) is 0 Å². The molecule has 2 N–H and O–H groups in total. The van der Waals surface area contributed by atoms with Crippen LogP contribution in [-0.2, 0) is 14.3 Å². The average Bonchev–Trinajstić information content (AvgIpc) is 2.26. The second-order valence-electron chi connectivity index (χ2n) is 2.67. The summed E-state index contributed by atoms with van der Waals surface area (Å²) in [7, 11) is 1.47. The molecular weight excluding hydrogens is 218 g/mol. The third-order valence-corrected chi connectivity index (χ3v) is 1.69. The number of hydrogen-bond donors (Lipinski definition) is 1. The van der Waals surface area contributed by atoms with E-state index in [-0.39, 0.29) is 19.0 Å². The van der Waals surface area contributed by atoms with Gasteiger partial charge in [0.2, 0.25) is 6.29 Å². The van der Waals surface area contributed by atoms with Gasteiger partial charge in [-0.05, 0) is 0 Å². The van der Waals surface area contributed by atoms with Crippen LogP contribution in [0, 0.1) is 0 Å². The Morgan fingerprint density at radius 1 is 1.40 bits per heavy atom. The molecule has 0 spiro atoms. The predicted octanol–water partition coefficient (Wildman–Crippen LogP) is 1.26. The maximum atomic E-state index is 10.9. The van der Waals surface area contributed by atoms with Crippen LogP contribution in [0.3, 0.4) is 0 Å². The molecule has 1 aromatic rings. The van der Waals surface area contributed by atoms with Crippen LogP contribution in [-0.4, -0.2) is 19.6 Å². The van der Waals surface area contributed by atoms with Gasteiger partial charge >= 0.3 is 5.97 Å². The standard InChI is InChI=1S/C10H13NO3.ClH/c1-13-10(14-9(12)7-11)8-5-3-2-4-6-8;/h2-6,10H,7,11H2,1H3;1H. The zero-order chi connectivity index (χ0) is 10.4. The lowest BCUT2D eigenvalue weighted by Gasteiger charge is -2.15. The van der Waals surface area contributed by atoms with E-state index in [2.05, 4.69) is 0 Å². The van der Waals surface area contributed by atoms with Crippen LogP contribution in [0.4, 0.5) is 0 Å². The third kappa shape index (κ3) is 4.29. The number of esters is 1. The minimum absolute atomic E-state index is 0. The molecule has 1 rings (SSSR count). The van der Waals surface area contributed by atoms with Gasteiger partial charge in [0, 0.05) is 12.7 Å². The Morgan fingerprint density at radius 2 is 2.00 bits per heavy atom. The smallest absolute Gasteiger partial charge is 0.322 e. The van der Waals surface area contributed by atoms with E-state index in [4.69, 9.17) is 15.2 Å². The van der Waals surface area contributed by atoms with Crippen LogP contribution in [0.2, 0.25) is 0 Å². The normalized spacial score (nSPS) is 11.3. The predicted molar refractivity (Wildman–Crippen MR) is 58.6 cm³/mol. The molecule has 0 saturated carbocycles. The lowest BCUT2D eigenvalue weighted by molar-refractivity contribution is -0.173. The highest BCUT2D eigenvalue weighted by Crippen LogP contribution is 2.17. The second-order valence-corrected chi connectivity index (χ2v) is 2.67. The number of benzene rings is 1. The number of carbonyl (C=O) groups is 1. The van der Waals surface area contributed by atoms with Crippen LogP contribution in [0.1, 0.15) is 11.9 Å². The van der Waals surface area contributed by atoms with Crippen molar-refractivity contribution in [2.75, 3.05) is 13.7 Å². The Hall–Kier alpha value is -1.10. The monoisotopic (exact) mass is 231 g/mol. The highest BCUT2D eigenvalue weighted by molar-refractivity contribution is 5.85. The first-order chi connectivity index (χ1) is 6.77. The summed E-state index contributed by atoms with van der Waals surface area (Å²) in [4.78, 5) is 10.9. The van der Waals surface area contributed by atoms with Gasteiger partial charge in [0.15, 0.2) is 0 Å². The Kier molecular flexibility index (Phi) is 6.70. The van der Waals surface area contributed by atoms with Crippen molar-refractivity contribution in [2.24, 2.45) is 5.73 Å². The molecule has 0 aliphatic carbocycles. The molecule has 1 atom stereocenters. The average molecular weight is 232 g/mol. The van der Waals surface area contributed by atoms with E-state index < -0.39 is 12.3 Å². The third-order valence-electron chi connectivity index (χ3n) is 1.69. The quantitative estimate of drug-likeness (QED) is 0.626. The molecule has 0 aliphatic rings. The van der Waals surface area contributed by atoms with Crippen molar-refractivity contribution in [3.63, 3.8) is 0 Å². The first-order valence-electron chi connectivity index (χ1n) is 4.25. The molecular formula is C10H14ClNO3. The van der Waals surface area contributed by atoms with Crippen molar-refractivity contribution < 1.29 is 14.3 Å². The fourth-order valence-electron chi connectivity index (χ4n) is 1.03. The number of halogens is 1. The van der Waals surface area contributed by atoms with Gasteiger partial charge in [-0.3, -0.25) is 4.79 Å². The van der Waals surface area contributed by atoms with Gasteiger partial charge in [0.25, 0.3) is 0 Å². The summed E-state index contributed by atoms with van der Waals surface area (Å²) in [6.45, 7) is -0.146. The summed E-state index contributed by atoms with van der Waals surface area (Å²) in [6.07, 6.45) is -0.674. The van der Waals surface area contributed by atoms with Crippen LogP contribution in [0.25, 0.3) is 0 Å². The summed E-state index contributed by atoms with van der Waals surface area (Å²) in [5.41, 5.74) is 5.91. The number of ether oxygens (including phenoxy) is 2. The molecule has 0 aromatic heterocycles. The maximum Gasteiger partial charge on any atom is 0.322 e. The lowest BCUT2D eigenvalue weighted by Crippen LogP contribution is -2.20. The Balaban J connectivity index is 0.00000196. The molecule has 0 fully saturated rings. The van der Waals surface area contributed by atoms with E-state index in [1.54, 1.807) is 0 Å². The fourth-order valence-corrected chi connectivity index (χ4v) is 1.03.